The van der Waals surface area contributed by atoms with E-state index in [1.807, 2.05) is 13.0 Å². The second-order valence-corrected chi connectivity index (χ2v) is 6.46. The average molecular weight is 284 g/mol. The molecule has 3 heteroatoms. The largest absolute Gasteiger partial charge is 0.361 e. The van der Waals surface area contributed by atoms with E-state index in [0.717, 1.165) is 24.5 Å². The van der Waals surface area contributed by atoms with Gasteiger partial charge in [-0.3, -0.25) is 4.90 Å². The Morgan fingerprint density at radius 2 is 1.90 bits per heavy atom. The first-order valence-corrected chi connectivity index (χ1v) is 7.87. The standard InChI is InChI=1S/C18H24N2O/c1-13(2)16-6-4-15(5-7-16)11-20(18-8-9-18)12-17-10-14(3)21-19-17/h4-7,10,13,18H,8-9,11-12H2,1-3H3. The first-order valence-electron chi connectivity index (χ1n) is 7.87. The Morgan fingerprint density at radius 1 is 1.19 bits per heavy atom. The van der Waals surface area contributed by atoms with Crippen molar-refractivity contribution in [1.82, 2.24) is 10.1 Å². The normalized spacial score (nSPS) is 15.1. The summed E-state index contributed by atoms with van der Waals surface area (Å²) in [6.07, 6.45) is 2.61. The van der Waals surface area contributed by atoms with Crippen LogP contribution in [0, 0.1) is 6.92 Å². The first-order chi connectivity index (χ1) is 10.1. The topological polar surface area (TPSA) is 29.3 Å². The molecule has 3 rings (SSSR count). The maximum absolute atomic E-state index is 5.18. The minimum Gasteiger partial charge on any atom is -0.361 e. The van der Waals surface area contributed by atoms with Gasteiger partial charge in [0, 0.05) is 25.2 Å². The van der Waals surface area contributed by atoms with Gasteiger partial charge in [-0.25, -0.2) is 0 Å². The second-order valence-electron chi connectivity index (χ2n) is 6.46. The van der Waals surface area contributed by atoms with Crippen molar-refractivity contribution in [3.8, 4) is 0 Å². The van der Waals surface area contributed by atoms with E-state index in [2.05, 4.69) is 48.2 Å². The molecule has 0 N–H and O–H groups in total. The maximum Gasteiger partial charge on any atom is 0.133 e. The molecule has 1 fully saturated rings. The molecule has 0 radical (unpaired) electrons. The van der Waals surface area contributed by atoms with Crippen molar-refractivity contribution in [3.63, 3.8) is 0 Å². The third-order valence-electron chi connectivity index (χ3n) is 4.14. The van der Waals surface area contributed by atoms with Crippen LogP contribution in [-0.2, 0) is 13.1 Å². The number of benzene rings is 1. The number of hydrogen-bond acceptors (Lipinski definition) is 3. The van der Waals surface area contributed by atoms with Crippen molar-refractivity contribution in [3.05, 3.63) is 52.9 Å². The van der Waals surface area contributed by atoms with E-state index < -0.39 is 0 Å². The third-order valence-corrected chi connectivity index (χ3v) is 4.14. The molecule has 1 aromatic heterocycles. The van der Waals surface area contributed by atoms with Crippen LogP contribution in [0.1, 0.15) is 55.2 Å². The van der Waals surface area contributed by atoms with Crippen LogP contribution in [0.2, 0.25) is 0 Å². The summed E-state index contributed by atoms with van der Waals surface area (Å²) in [4.78, 5) is 2.52. The van der Waals surface area contributed by atoms with Gasteiger partial charge in [-0.1, -0.05) is 43.3 Å². The lowest BCUT2D eigenvalue weighted by Gasteiger charge is -2.21. The Morgan fingerprint density at radius 3 is 2.43 bits per heavy atom. The Labute approximate surface area is 126 Å². The maximum atomic E-state index is 5.18. The fourth-order valence-electron chi connectivity index (χ4n) is 2.70. The van der Waals surface area contributed by atoms with E-state index in [1.165, 1.54) is 24.0 Å². The molecule has 0 bridgehead atoms. The summed E-state index contributed by atoms with van der Waals surface area (Å²) in [7, 11) is 0. The number of nitrogens with zero attached hydrogens (tertiary/aromatic N) is 2. The summed E-state index contributed by atoms with van der Waals surface area (Å²) < 4.78 is 5.18. The van der Waals surface area contributed by atoms with Crippen molar-refractivity contribution in [2.75, 3.05) is 0 Å². The minimum absolute atomic E-state index is 0.594. The van der Waals surface area contributed by atoms with Gasteiger partial charge in [-0.15, -0.1) is 0 Å². The van der Waals surface area contributed by atoms with Crippen LogP contribution in [0.4, 0.5) is 0 Å². The van der Waals surface area contributed by atoms with Gasteiger partial charge in [-0.2, -0.15) is 0 Å². The molecule has 1 aliphatic rings. The predicted octanol–water partition coefficient (Wildman–Crippen LogP) is 4.27. The van der Waals surface area contributed by atoms with Crippen molar-refractivity contribution in [1.29, 1.82) is 0 Å². The molecule has 3 nitrogen and oxygen atoms in total. The van der Waals surface area contributed by atoms with Crippen LogP contribution in [0.15, 0.2) is 34.9 Å². The van der Waals surface area contributed by atoms with E-state index >= 15 is 0 Å². The number of hydrogen-bond donors (Lipinski definition) is 0. The summed E-state index contributed by atoms with van der Waals surface area (Å²) in [5.41, 5.74) is 3.83. The molecular weight excluding hydrogens is 260 g/mol. The van der Waals surface area contributed by atoms with Gasteiger partial charge in [0.25, 0.3) is 0 Å². The quantitative estimate of drug-likeness (QED) is 0.793. The van der Waals surface area contributed by atoms with Crippen LogP contribution < -0.4 is 0 Å². The van der Waals surface area contributed by atoms with Crippen molar-refractivity contribution >= 4 is 0 Å². The van der Waals surface area contributed by atoms with Gasteiger partial charge < -0.3 is 4.52 Å². The molecule has 112 valence electrons. The lowest BCUT2D eigenvalue weighted by atomic mass is 10.0. The summed E-state index contributed by atoms with van der Waals surface area (Å²) in [5, 5.41) is 4.13. The molecule has 1 aliphatic carbocycles. The summed E-state index contributed by atoms with van der Waals surface area (Å²) in [5.74, 6) is 1.48. The highest BCUT2D eigenvalue weighted by molar-refractivity contribution is 5.25. The van der Waals surface area contributed by atoms with Crippen LogP contribution in [-0.4, -0.2) is 16.1 Å². The smallest absolute Gasteiger partial charge is 0.133 e. The van der Waals surface area contributed by atoms with E-state index in [-0.39, 0.29) is 0 Å². The monoisotopic (exact) mass is 284 g/mol. The van der Waals surface area contributed by atoms with Gasteiger partial charge in [0.15, 0.2) is 0 Å². The SMILES string of the molecule is Cc1cc(CN(Cc2ccc(C(C)C)cc2)C2CC2)no1. The zero-order valence-electron chi connectivity index (χ0n) is 13.2. The van der Waals surface area contributed by atoms with Crippen LogP contribution in [0.3, 0.4) is 0 Å². The molecule has 0 saturated heterocycles. The van der Waals surface area contributed by atoms with Gasteiger partial charge >= 0.3 is 0 Å². The van der Waals surface area contributed by atoms with E-state index in [1.54, 1.807) is 0 Å². The molecule has 0 unspecified atom stereocenters. The van der Waals surface area contributed by atoms with Crippen molar-refractivity contribution in [2.24, 2.45) is 0 Å². The van der Waals surface area contributed by atoms with Gasteiger partial charge in [-0.05, 0) is 36.8 Å². The summed E-state index contributed by atoms with van der Waals surface area (Å²) in [6.45, 7) is 8.29. The molecular formula is C18H24N2O. The number of aromatic nitrogens is 1. The first kappa shape index (κ1) is 14.3. The molecule has 2 aromatic rings. The van der Waals surface area contributed by atoms with E-state index in [0.29, 0.717) is 12.0 Å². The fourth-order valence-corrected chi connectivity index (χ4v) is 2.70. The highest BCUT2D eigenvalue weighted by atomic mass is 16.5. The number of rotatable bonds is 6. The zero-order chi connectivity index (χ0) is 14.8. The molecule has 1 heterocycles. The molecule has 1 saturated carbocycles. The third kappa shape index (κ3) is 3.73. The summed E-state index contributed by atoms with van der Waals surface area (Å²) in [6, 6.07) is 11.8. The van der Waals surface area contributed by atoms with Crippen LogP contribution in [0.5, 0.6) is 0 Å². The molecule has 0 spiro atoms. The fraction of sp³-hybridized carbons (Fsp3) is 0.500. The lowest BCUT2D eigenvalue weighted by molar-refractivity contribution is 0.237. The molecule has 0 amide bonds. The molecule has 0 atom stereocenters. The second kappa shape index (κ2) is 6.02. The van der Waals surface area contributed by atoms with Crippen LogP contribution >= 0.6 is 0 Å². The van der Waals surface area contributed by atoms with E-state index in [4.69, 9.17) is 4.52 Å². The minimum atomic E-state index is 0.594. The van der Waals surface area contributed by atoms with Crippen molar-refractivity contribution in [2.45, 2.75) is 58.7 Å². The zero-order valence-corrected chi connectivity index (χ0v) is 13.2. The predicted molar refractivity (Wildman–Crippen MR) is 84.0 cm³/mol. The van der Waals surface area contributed by atoms with Gasteiger partial charge in [0.05, 0.1) is 5.69 Å². The molecule has 0 aliphatic heterocycles. The van der Waals surface area contributed by atoms with Gasteiger partial charge in [0.2, 0.25) is 0 Å². The van der Waals surface area contributed by atoms with Gasteiger partial charge in [0.1, 0.15) is 5.76 Å². The highest BCUT2D eigenvalue weighted by Crippen LogP contribution is 2.30. The highest BCUT2D eigenvalue weighted by Gasteiger charge is 2.29. The average Bonchev–Trinajstić information content (AvgIpc) is 3.23. The Hall–Kier alpha value is -1.61. The Kier molecular flexibility index (Phi) is 4.11. The Bertz CT molecular complexity index is 582. The van der Waals surface area contributed by atoms with Crippen molar-refractivity contribution < 1.29 is 4.52 Å². The molecule has 1 aromatic carbocycles. The molecule has 21 heavy (non-hydrogen) atoms. The van der Waals surface area contributed by atoms with E-state index in [9.17, 15) is 0 Å². The number of aryl methyl sites for hydroxylation is 1. The van der Waals surface area contributed by atoms with Crippen LogP contribution in [0.25, 0.3) is 0 Å². The summed E-state index contributed by atoms with van der Waals surface area (Å²) >= 11 is 0. The lowest BCUT2D eigenvalue weighted by Crippen LogP contribution is -2.25. The Balaban J connectivity index is 1.67.